The van der Waals surface area contributed by atoms with Gasteiger partial charge in [0.15, 0.2) is 0 Å². The lowest BCUT2D eigenvalue weighted by atomic mass is 10.1. The van der Waals surface area contributed by atoms with E-state index in [4.69, 9.17) is 0 Å². The van der Waals surface area contributed by atoms with Crippen LogP contribution in [-0.2, 0) is 11.2 Å². The summed E-state index contributed by atoms with van der Waals surface area (Å²) in [7, 11) is 0. The highest BCUT2D eigenvalue weighted by Gasteiger charge is 2.18. The van der Waals surface area contributed by atoms with Gasteiger partial charge in [0.2, 0.25) is 5.91 Å². The predicted octanol–water partition coefficient (Wildman–Crippen LogP) is 2.04. The number of aromatic nitrogens is 2. The summed E-state index contributed by atoms with van der Waals surface area (Å²) in [5, 5.41) is 3.07. The van der Waals surface area contributed by atoms with Crippen LogP contribution in [0.3, 0.4) is 0 Å². The number of hydrogen-bond donors (Lipinski definition) is 1. The molecule has 0 saturated carbocycles. The van der Waals surface area contributed by atoms with E-state index in [9.17, 15) is 4.79 Å². The average Bonchev–Trinajstić information content (AvgIpc) is 2.67. The molecule has 1 aliphatic heterocycles. The molecule has 1 atom stereocenters. The van der Waals surface area contributed by atoms with E-state index in [2.05, 4.69) is 56.3 Å². The van der Waals surface area contributed by atoms with Crippen LogP contribution in [0.1, 0.15) is 24.6 Å². The molecule has 0 aliphatic carbocycles. The van der Waals surface area contributed by atoms with Crippen molar-refractivity contribution in [3.8, 4) is 0 Å². The fourth-order valence-corrected chi connectivity index (χ4v) is 3.46. The van der Waals surface area contributed by atoms with Crippen LogP contribution in [0.2, 0.25) is 0 Å². The number of piperazine rings is 1. The molecule has 2 aromatic rings. The number of benzene rings is 1. The monoisotopic (exact) mass is 367 g/mol. The summed E-state index contributed by atoms with van der Waals surface area (Å²) in [5.41, 5.74) is 3.49. The molecule has 1 aliphatic rings. The topological polar surface area (TPSA) is 61.4 Å². The first-order chi connectivity index (χ1) is 13.1. The highest BCUT2D eigenvalue weighted by Crippen LogP contribution is 2.17. The fraction of sp³-hybridized carbons (Fsp3) is 0.476. The van der Waals surface area contributed by atoms with E-state index >= 15 is 0 Å². The van der Waals surface area contributed by atoms with Gasteiger partial charge in [-0.3, -0.25) is 19.7 Å². The van der Waals surface area contributed by atoms with Crippen molar-refractivity contribution < 1.29 is 4.79 Å². The third-order valence-corrected chi connectivity index (χ3v) is 4.93. The minimum atomic E-state index is 0.0624. The van der Waals surface area contributed by atoms with E-state index < -0.39 is 0 Å². The first kappa shape index (κ1) is 19.3. The van der Waals surface area contributed by atoms with E-state index in [0.29, 0.717) is 12.8 Å². The summed E-state index contributed by atoms with van der Waals surface area (Å²) in [4.78, 5) is 25.3. The van der Waals surface area contributed by atoms with Gasteiger partial charge in [-0.15, -0.1) is 0 Å². The molecule has 1 aromatic heterocycles. The molecule has 6 heteroatoms. The summed E-state index contributed by atoms with van der Waals surface area (Å²) in [6.07, 6.45) is 6.33. The number of carbonyl (C=O) groups is 1. The van der Waals surface area contributed by atoms with Crippen LogP contribution in [0.15, 0.2) is 42.9 Å². The van der Waals surface area contributed by atoms with E-state index in [-0.39, 0.29) is 11.9 Å². The molecule has 1 aromatic carbocycles. The summed E-state index contributed by atoms with van der Waals surface area (Å²) in [6, 6.07) is 8.72. The zero-order valence-electron chi connectivity index (χ0n) is 16.3. The Kier molecular flexibility index (Phi) is 6.76. The molecular weight excluding hydrogens is 338 g/mol. The molecule has 27 heavy (non-hydrogen) atoms. The van der Waals surface area contributed by atoms with E-state index in [0.717, 1.165) is 38.4 Å². The van der Waals surface area contributed by atoms with Crippen molar-refractivity contribution in [3.63, 3.8) is 0 Å². The molecule has 1 N–H and O–H groups in total. The summed E-state index contributed by atoms with van der Waals surface area (Å²) in [5.74, 6) is 0.104. The Bertz CT molecular complexity index is 728. The maximum atomic E-state index is 12.2. The smallest absolute Gasteiger partial charge is 0.221 e. The Balaban J connectivity index is 1.36. The molecule has 0 unspecified atom stereocenters. The SMILES string of the molecule is Cc1cccc(N2CCN(CCC(=O)N[C@@H](C)Cc3cnccn3)CC2)c1. The van der Waals surface area contributed by atoms with Gasteiger partial charge in [0, 0.05) is 75.9 Å². The van der Waals surface area contributed by atoms with Crippen molar-refractivity contribution in [2.24, 2.45) is 0 Å². The van der Waals surface area contributed by atoms with Crippen molar-refractivity contribution >= 4 is 11.6 Å². The van der Waals surface area contributed by atoms with Crippen LogP contribution >= 0.6 is 0 Å². The molecule has 1 amide bonds. The van der Waals surface area contributed by atoms with Crippen LogP contribution in [0.25, 0.3) is 0 Å². The Morgan fingerprint density at radius 2 is 2.04 bits per heavy atom. The van der Waals surface area contributed by atoms with Crippen molar-refractivity contribution in [2.75, 3.05) is 37.6 Å². The number of anilines is 1. The van der Waals surface area contributed by atoms with E-state index in [1.54, 1.807) is 18.6 Å². The maximum Gasteiger partial charge on any atom is 0.221 e. The molecule has 0 spiro atoms. The third kappa shape index (κ3) is 6.03. The minimum Gasteiger partial charge on any atom is -0.369 e. The number of aryl methyl sites for hydroxylation is 1. The predicted molar refractivity (Wildman–Crippen MR) is 108 cm³/mol. The number of nitrogens with one attached hydrogen (secondary N) is 1. The van der Waals surface area contributed by atoms with E-state index in [1.807, 2.05) is 6.92 Å². The van der Waals surface area contributed by atoms with Gasteiger partial charge in [-0.1, -0.05) is 12.1 Å². The van der Waals surface area contributed by atoms with Crippen molar-refractivity contribution in [1.82, 2.24) is 20.2 Å². The van der Waals surface area contributed by atoms with Crippen molar-refractivity contribution in [3.05, 3.63) is 54.1 Å². The molecule has 1 saturated heterocycles. The molecule has 144 valence electrons. The lowest BCUT2D eigenvalue weighted by Crippen LogP contribution is -2.47. The minimum absolute atomic E-state index is 0.0624. The molecule has 6 nitrogen and oxygen atoms in total. The van der Waals surface area contributed by atoms with Crippen molar-refractivity contribution in [2.45, 2.75) is 32.7 Å². The molecule has 3 rings (SSSR count). The Labute approximate surface area is 161 Å². The van der Waals surface area contributed by atoms with Crippen LogP contribution < -0.4 is 10.2 Å². The highest BCUT2D eigenvalue weighted by atomic mass is 16.1. The van der Waals surface area contributed by atoms with Gasteiger partial charge in [-0.05, 0) is 31.5 Å². The second kappa shape index (κ2) is 9.46. The zero-order valence-corrected chi connectivity index (χ0v) is 16.3. The first-order valence-electron chi connectivity index (χ1n) is 9.68. The Morgan fingerprint density at radius 3 is 2.74 bits per heavy atom. The Hall–Kier alpha value is -2.47. The highest BCUT2D eigenvalue weighted by molar-refractivity contribution is 5.76. The molecule has 0 bridgehead atoms. The third-order valence-electron chi connectivity index (χ3n) is 4.93. The second-order valence-corrected chi connectivity index (χ2v) is 7.29. The van der Waals surface area contributed by atoms with Crippen LogP contribution in [0.4, 0.5) is 5.69 Å². The van der Waals surface area contributed by atoms with E-state index in [1.165, 1.54) is 11.3 Å². The standard InChI is InChI=1S/C21H29N5O/c1-17-4-3-5-20(14-17)26-12-10-25(11-13-26)9-6-21(27)24-18(2)15-19-16-22-7-8-23-19/h3-5,7-8,14,16,18H,6,9-13,15H2,1-2H3,(H,24,27)/t18-/m0/s1. The number of carbonyl (C=O) groups excluding carboxylic acids is 1. The van der Waals surface area contributed by atoms with Gasteiger partial charge in [0.05, 0.1) is 5.69 Å². The average molecular weight is 367 g/mol. The van der Waals surface area contributed by atoms with Gasteiger partial charge >= 0.3 is 0 Å². The molecule has 2 heterocycles. The van der Waals surface area contributed by atoms with Gasteiger partial charge in [-0.2, -0.15) is 0 Å². The summed E-state index contributed by atoms with van der Waals surface area (Å²) < 4.78 is 0. The molecule has 1 fully saturated rings. The van der Waals surface area contributed by atoms with Gasteiger partial charge < -0.3 is 10.2 Å². The maximum absolute atomic E-state index is 12.2. The van der Waals surface area contributed by atoms with Crippen LogP contribution in [0.5, 0.6) is 0 Å². The van der Waals surface area contributed by atoms with Crippen LogP contribution in [0, 0.1) is 6.92 Å². The Morgan fingerprint density at radius 1 is 1.22 bits per heavy atom. The molecular formula is C21H29N5O. The zero-order chi connectivity index (χ0) is 19.1. The number of hydrogen-bond acceptors (Lipinski definition) is 5. The fourth-order valence-electron chi connectivity index (χ4n) is 3.46. The number of amides is 1. The second-order valence-electron chi connectivity index (χ2n) is 7.29. The lowest BCUT2D eigenvalue weighted by Gasteiger charge is -2.36. The molecule has 0 radical (unpaired) electrons. The van der Waals surface area contributed by atoms with Gasteiger partial charge in [-0.25, -0.2) is 0 Å². The van der Waals surface area contributed by atoms with Gasteiger partial charge in [0.25, 0.3) is 0 Å². The normalized spacial score (nSPS) is 16.1. The number of nitrogens with zero attached hydrogens (tertiary/aromatic N) is 4. The summed E-state index contributed by atoms with van der Waals surface area (Å²) >= 11 is 0. The van der Waals surface area contributed by atoms with Gasteiger partial charge in [0.1, 0.15) is 0 Å². The first-order valence-corrected chi connectivity index (χ1v) is 9.68. The van der Waals surface area contributed by atoms with Crippen LogP contribution in [-0.4, -0.2) is 59.5 Å². The summed E-state index contributed by atoms with van der Waals surface area (Å²) in [6.45, 7) is 8.96. The largest absolute Gasteiger partial charge is 0.369 e. The number of rotatable bonds is 7. The van der Waals surface area contributed by atoms with Crippen molar-refractivity contribution in [1.29, 1.82) is 0 Å². The lowest BCUT2D eigenvalue weighted by molar-refractivity contribution is -0.122. The quantitative estimate of drug-likeness (QED) is 0.812.